The van der Waals surface area contributed by atoms with Crippen LogP contribution < -0.4 is 16.8 Å². The molecule has 1 aliphatic heterocycles. The highest BCUT2D eigenvalue weighted by Gasteiger charge is 2.62. The van der Waals surface area contributed by atoms with Gasteiger partial charge in [0.1, 0.15) is 5.22 Å². The Kier molecular flexibility index (Phi) is 9.07. The minimum absolute atomic E-state index is 0.307. The van der Waals surface area contributed by atoms with Crippen molar-refractivity contribution in [3.05, 3.63) is 0 Å². The number of ether oxygens (including phenoxy) is 1. The normalized spacial score (nSPS) is 28.0. The molecule has 0 spiro atoms. The highest BCUT2D eigenvalue weighted by atomic mass is 28.4. The van der Waals surface area contributed by atoms with Gasteiger partial charge >= 0.3 is 8.56 Å². The van der Waals surface area contributed by atoms with Gasteiger partial charge in [-0.3, -0.25) is 0 Å². The first-order chi connectivity index (χ1) is 10.7. The van der Waals surface area contributed by atoms with E-state index in [1.807, 2.05) is 7.11 Å². The molecule has 0 radical (unpaired) electrons. The molecule has 22 heavy (non-hydrogen) atoms. The Labute approximate surface area is 136 Å². The lowest BCUT2D eigenvalue weighted by Crippen LogP contribution is -2.68. The van der Waals surface area contributed by atoms with Gasteiger partial charge < -0.3 is 30.4 Å². The van der Waals surface area contributed by atoms with Crippen molar-refractivity contribution in [2.75, 3.05) is 47.5 Å². The summed E-state index contributed by atoms with van der Waals surface area (Å²) in [7, 11) is 2.96. The van der Waals surface area contributed by atoms with Crippen molar-refractivity contribution in [2.24, 2.45) is 17.4 Å². The first-order valence-electron chi connectivity index (χ1n) is 8.42. The lowest BCUT2D eigenvalue weighted by atomic mass is 9.89. The van der Waals surface area contributed by atoms with Crippen LogP contribution in [-0.4, -0.2) is 61.3 Å². The standard InChI is InChI=1S/C15H35N3O3Si/c1-19-15(8-5-11-18-12-10-17)14(7-9-16)6-4-13-22(15,20-2)21-3/h14,18H,4-13,16-17H2,1-3H3. The maximum atomic E-state index is 6.15. The predicted octanol–water partition coefficient (Wildman–Crippen LogP) is 0.733. The van der Waals surface area contributed by atoms with E-state index in [0.717, 1.165) is 51.2 Å². The molecular formula is C15H35N3O3Si. The van der Waals surface area contributed by atoms with E-state index in [1.165, 1.54) is 0 Å². The zero-order valence-corrected chi connectivity index (χ0v) is 15.5. The third kappa shape index (κ3) is 4.08. The zero-order chi connectivity index (χ0) is 16.5. The maximum absolute atomic E-state index is 6.15. The lowest BCUT2D eigenvalue weighted by molar-refractivity contribution is -0.0559. The predicted molar refractivity (Wildman–Crippen MR) is 91.9 cm³/mol. The van der Waals surface area contributed by atoms with Crippen molar-refractivity contribution in [1.29, 1.82) is 0 Å². The minimum Gasteiger partial charge on any atom is -0.396 e. The van der Waals surface area contributed by atoms with Gasteiger partial charge in [-0.1, -0.05) is 6.42 Å². The smallest absolute Gasteiger partial charge is 0.371 e. The number of nitrogens with one attached hydrogen (secondary N) is 1. The molecule has 7 heteroatoms. The zero-order valence-electron chi connectivity index (χ0n) is 14.5. The summed E-state index contributed by atoms with van der Waals surface area (Å²) in [6.45, 7) is 3.14. The number of rotatable bonds is 11. The van der Waals surface area contributed by atoms with Crippen LogP contribution in [0.5, 0.6) is 0 Å². The Morgan fingerprint density at radius 3 is 2.41 bits per heavy atom. The van der Waals surface area contributed by atoms with Gasteiger partial charge in [0.2, 0.25) is 0 Å². The second-order valence-corrected chi connectivity index (χ2v) is 9.73. The van der Waals surface area contributed by atoms with E-state index in [4.69, 9.17) is 25.1 Å². The van der Waals surface area contributed by atoms with Gasteiger partial charge in [0.15, 0.2) is 0 Å². The van der Waals surface area contributed by atoms with Crippen molar-refractivity contribution in [1.82, 2.24) is 5.32 Å². The van der Waals surface area contributed by atoms with Crippen LogP contribution in [0.4, 0.5) is 0 Å². The summed E-state index contributed by atoms with van der Waals surface area (Å²) in [6, 6.07) is 0.991. The van der Waals surface area contributed by atoms with Crippen LogP contribution in [0.15, 0.2) is 0 Å². The monoisotopic (exact) mass is 333 g/mol. The first-order valence-corrected chi connectivity index (χ1v) is 10.4. The highest BCUT2D eigenvalue weighted by Crippen LogP contribution is 2.47. The molecular weight excluding hydrogens is 298 g/mol. The van der Waals surface area contributed by atoms with Crippen LogP contribution in [0.2, 0.25) is 6.04 Å². The molecule has 0 aromatic rings. The molecule has 0 aliphatic carbocycles. The van der Waals surface area contributed by atoms with Crippen molar-refractivity contribution in [3.63, 3.8) is 0 Å². The number of hydrogen-bond donors (Lipinski definition) is 3. The molecule has 1 aliphatic rings. The molecule has 0 aromatic heterocycles. The van der Waals surface area contributed by atoms with Crippen LogP contribution >= 0.6 is 0 Å². The maximum Gasteiger partial charge on any atom is 0.371 e. The molecule has 0 aromatic carbocycles. The summed E-state index contributed by atoms with van der Waals surface area (Å²) < 4.78 is 18.2. The number of nitrogens with two attached hydrogens (primary N) is 2. The Morgan fingerprint density at radius 1 is 1.14 bits per heavy atom. The van der Waals surface area contributed by atoms with Gasteiger partial charge in [0.05, 0.1) is 0 Å². The fourth-order valence-electron chi connectivity index (χ4n) is 4.07. The average molecular weight is 334 g/mol. The number of methoxy groups -OCH3 is 1. The Morgan fingerprint density at radius 2 is 1.86 bits per heavy atom. The lowest BCUT2D eigenvalue weighted by Gasteiger charge is -2.52. The van der Waals surface area contributed by atoms with Gasteiger partial charge in [0, 0.05) is 34.4 Å². The summed E-state index contributed by atoms with van der Waals surface area (Å²) in [5.41, 5.74) is 11.4. The van der Waals surface area contributed by atoms with Gasteiger partial charge in [-0.15, -0.1) is 0 Å². The summed E-state index contributed by atoms with van der Waals surface area (Å²) in [4.78, 5) is 0. The van der Waals surface area contributed by atoms with Crippen LogP contribution in [0, 0.1) is 5.92 Å². The number of hydrogen-bond acceptors (Lipinski definition) is 6. The molecule has 1 saturated heterocycles. The first kappa shape index (κ1) is 20.0. The van der Waals surface area contributed by atoms with Crippen molar-refractivity contribution in [2.45, 2.75) is 43.4 Å². The third-order valence-corrected chi connectivity index (χ3v) is 9.61. The topological polar surface area (TPSA) is 91.8 Å². The van der Waals surface area contributed by atoms with E-state index in [9.17, 15) is 0 Å². The summed E-state index contributed by atoms with van der Waals surface area (Å²) in [5, 5.41) is 3.05. The Hall–Kier alpha value is -0.0231. The van der Waals surface area contributed by atoms with Gasteiger partial charge in [-0.2, -0.15) is 0 Å². The van der Waals surface area contributed by atoms with E-state index in [-0.39, 0.29) is 5.22 Å². The van der Waals surface area contributed by atoms with E-state index >= 15 is 0 Å². The fourth-order valence-corrected chi connectivity index (χ4v) is 8.21. The molecule has 2 unspecified atom stereocenters. The summed E-state index contributed by atoms with van der Waals surface area (Å²) in [5.74, 6) is 0.414. The molecule has 0 bridgehead atoms. The van der Waals surface area contributed by atoms with E-state index in [2.05, 4.69) is 5.32 Å². The Balaban J connectivity index is 2.90. The highest BCUT2D eigenvalue weighted by molar-refractivity contribution is 6.70. The molecule has 2 atom stereocenters. The molecule has 1 heterocycles. The van der Waals surface area contributed by atoms with Crippen molar-refractivity contribution >= 4 is 8.56 Å². The van der Waals surface area contributed by atoms with Crippen LogP contribution in [0.3, 0.4) is 0 Å². The van der Waals surface area contributed by atoms with E-state index in [1.54, 1.807) is 14.2 Å². The molecule has 0 saturated carbocycles. The SMILES string of the molecule is COC1(CCCNCCN)C(CCN)CCC[Si]1(OC)OC. The average Bonchev–Trinajstić information content (AvgIpc) is 2.55. The van der Waals surface area contributed by atoms with Crippen molar-refractivity contribution < 1.29 is 13.6 Å². The minimum atomic E-state index is -2.41. The van der Waals surface area contributed by atoms with Gasteiger partial charge in [0.25, 0.3) is 0 Å². The van der Waals surface area contributed by atoms with E-state index < -0.39 is 8.56 Å². The second kappa shape index (κ2) is 9.97. The van der Waals surface area contributed by atoms with Crippen LogP contribution in [0.25, 0.3) is 0 Å². The third-order valence-electron chi connectivity index (χ3n) is 5.12. The van der Waals surface area contributed by atoms with Gasteiger partial charge in [-0.05, 0) is 50.7 Å². The van der Waals surface area contributed by atoms with E-state index in [0.29, 0.717) is 19.0 Å². The largest absolute Gasteiger partial charge is 0.396 e. The van der Waals surface area contributed by atoms with Crippen molar-refractivity contribution in [3.8, 4) is 0 Å². The van der Waals surface area contributed by atoms with Gasteiger partial charge in [-0.25, -0.2) is 0 Å². The Bertz CT molecular complexity index is 304. The second-order valence-electron chi connectivity index (χ2n) is 6.06. The quantitative estimate of drug-likeness (QED) is 0.381. The molecule has 1 rings (SSSR count). The summed E-state index contributed by atoms with van der Waals surface area (Å²) in [6.07, 6.45) is 5.21. The van der Waals surface area contributed by atoms with Crippen LogP contribution in [0.1, 0.15) is 32.1 Å². The molecule has 6 nitrogen and oxygen atoms in total. The summed E-state index contributed by atoms with van der Waals surface area (Å²) >= 11 is 0. The molecule has 0 amide bonds. The molecule has 1 fully saturated rings. The fraction of sp³-hybridized carbons (Fsp3) is 1.00. The van der Waals surface area contributed by atoms with Crippen LogP contribution in [-0.2, 0) is 13.6 Å². The molecule has 132 valence electrons. The molecule has 5 N–H and O–H groups in total.